The fraction of sp³-hybridized carbons (Fsp3) is 0.375. The Morgan fingerprint density at radius 3 is 2.31 bits per heavy atom. The zero-order chi connectivity index (χ0) is 11.7. The minimum Gasteiger partial charge on any atom is -0.0648 e. The van der Waals surface area contributed by atoms with E-state index in [0.29, 0.717) is 5.92 Å². The first-order valence-corrected chi connectivity index (χ1v) is 6.14. The molecule has 0 radical (unpaired) electrons. The Morgan fingerprint density at radius 1 is 1.06 bits per heavy atom. The third kappa shape index (κ3) is 1.73. The molecule has 0 fully saturated rings. The van der Waals surface area contributed by atoms with Crippen molar-refractivity contribution in [3.05, 3.63) is 47.0 Å². The second-order valence-electron chi connectivity index (χ2n) is 4.76. The zero-order valence-corrected chi connectivity index (χ0v) is 10.7. The van der Waals surface area contributed by atoms with Crippen molar-refractivity contribution in [2.24, 2.45) is 0 Å². The van der Waals surface area contributed by atoms with Gasteiger partial charge in [0.05, 0.1) is 0 Å². The highest BCUT2D eigenvalue weighted by Crippen LogP contribution is 2.30. The predicted octanol–water partition coefficient (Wildman–Crippen LogP) is 4.97. The number of hydrogen-bond acceptors (Lipinski definition) is 0. The number of rotatable bonds is 2. The van der Waals surface area contributed by atoms with Crippen molar-refractivity contribution in [1.82, 2.24) is 0 Å². The van der Waals surface area contributed by atoms with E-state index in [4.69, 9.17) is 0 Å². The molecule has 84 valence electrons. The molecule has 0 aliphatic rings. The molecule has 0 saturated carbocycles. The number of aryl methyl sites for hydroxylation is 2. The molecule has 0 aliphatic heterocycles. The van der Waals surface area contributed by atoms with Crippen LogP contribution in [-0.2, 0) is 0 Å². The lowest BCUT2D eigenvalue weighted by Gasteiger charge is -2.16. The summed E-state index contributed by atoms with van der Waals surface area (Å²) in [5, 5.41) is 2.81. The van der Waals surface area contributed by atoms with Crippen molar-refractivity contribution in [3.63, 3.8) is 0 Å². The molecule has 2 rings (SSSR count). The number of hydrogen-bond donors (Lipinski definition) is 0. The molecule has 2 aromatic carbocycles. The Morgan fingerprint density at radius 2 is 1.69 bits per heavy atom. The van der Waals surface area contributed by atoms with Gasteiger partial charge in [0, 0.05) is 0 Å². The van der Waals surface area contributed by atoms with E-state index in [-0.39, 0.29) is 0 Å². The van der Waals surface area contributed by atoms with E-state index in [0.717, 1.165) is 0 Å². The SMILES string of the molecule is CCC(C)c1cc(C)c2ccccc2c1C. The van der Waals surface area contributed by atoms with E-state index >= 15 is 0 Å². The van der Waals surface area contributed by atoms with Crippen LogP contribution in [0.25, 0.3) is 10.8 Å². The van der Waals surface area contributed by atoms with Gasteiger partial charge in [0.15, 0.2) is 0 Å². The van der Waals surface area contributed by atoms with Gasteiger partial charge in [-0.15, -0.1) is 0 Å². The van der Waals surface area contributed by atoms with Crippen molar-refractivity contribution < 1.29 is 0 Å². The first-order valence-electron chi connectivity index (χ1n) is 6.14. The maximum Gasteiger partial charge on any atom is -0.0149 e. The van der Waals surface area contributed by atoms with Crippen LogP contribution >= 0.6 is 0 Å². The van der Waals surface area contributed by atoms with Crippen LogP contribution in [0, 0.1) is 13.8 Å². The highest BCUT2D eigenvalue weighted by atomic mass is 14.1. The summed E-state index contributed by atoms with van der Waals surface area (Å²) in [6.07, 6.45) is 1.21. The smallest absolute Gasteiger partial charge is 0.0149 e. The van der Waals surface area contributed by atoms with Gasteiger partial charge in [0.2, 0.25) is 0 Å². The molecule has 0 spiro atoms. The summed E-state index contributed by atoms with van der Waals surface area (Å²) in [5.74, 6) is 0.656. The monoisotopic (exact) mass is 212 g/mol. The molecule has 16 heavy (non-hydrogen) atoms. The van der Waals surface area contributed by atoms with Crippen molar-refractivity contribution in [2.75, 3.05) is 0 Å². The van der Waals surface area contributed by atoms with Gasteiger partial charge < -0.3 is 0 Å². The van der Waals surface area contributed by atoms with Crippen molar-refractivity contribution >= 4 is 10.8 Å². The Balaban J connectivity index is 2.75. The van der Waals surface area contributed by atoms with Crippen LogP contribution in [0.2, 0.25) is 0 Å². The van der Waals surface area contributed by atoms with Gasteiger partial charge in [-0.25, -0.2) is 0 Å². The fourth-order valence-corrected chi connectivity index (χ4v) is 2.46. The first kappa shape index (κ1) is 11.2. The Bertz CT molecular complexity index is 509. The third-order valence-electron chi connectivity index (χ3n) is 3.70. The van der Waals surface area contributed by atoms with Crippen molar-refractivity contribution in [2.45, 2.75) is 40.0 Å². The van der Waals surface area contributed by atoms with Crippen molar-refractivity contribution in [1.29, 1.82) is 0 Å². The van der Waals surface area contributed by atoms with Gasteiger partial charge in [0.25, 0.3) is 0 Å². The van der Waals surface area contributed by atoms with Crippen LogP contribution in [0.1, 0.15) is 42.9 Å². The van der Waals surface area contributed by atoms with E-state index in [1.807, 2.05) is 0 Å². The van der Waals surface area contributed by atoms with Crippen LogP contribution in [0.15, 0.2) is 30.3 Å². The van der Waals surface area contributed by atoms with Crippen molar-refractivity contribution in [3.8, 4) is 0 Å². The van der Waals surface area contributed by atoms with Gasteiger partial charge in [-0.3, -0.25) is 0 Å². The average molecular weight is 212 g/mol. The largest absolute Gasteiger partial charge is 0.0648 e. The Kier molecular flexibility index (Phi) is 3.00. The maximum absolute atomic E-state index is 2.37. The summed E-state index contributed by atoms with van der Waals surface area (Å²) in [6, 6.07) is 11.1. The minimum absolute atomic E-state index is 0.656. The topological polar surface area (TPSA) is 0 Å². The maximum atomic E-state index is 2.37. The molecule has 0 aliphatic carbocycles. The normalized spacial score (nSPS) is 13.0. The molecule has 1 atom stereocenters. The quantitative estimate of drug-likeness (QED) is 0.659. The number of fused-ring (bicyclic) bond motifs is 1. The summed E-state index contributed by atoms with van der Waals surface area (Å²) in [4.78, 5) is 0. The fourth-order valence-electron chi connectivity index (χ4n) is 2.46. The highest BCUT2D eigenvalue weighted by molar-refractivity contribution is 5.89. The Labute approximate surface area is 98.3 Å². The van der Waals surface area contributed by atoms with Gasteiger partial charge in [-0.05, 0) is 53.6 Å². The van der Waals surface area contributed by atoms with Crippen LogP contribution < -0.4 is 0 Å². The molecule has 0 amide bonds. The van der Waals surface area contributed by atoms with E-state index in [1.165, 1.54) is 33.9 Å². The van der Waals surface area contributed by atoms with E-state index < -0.39 is 0 Å². The van der Waals surface area contributed by atoms with Crippen LogP contribution in [0.5, 0.6) is 0 Å². The lowest BCUT2D eigenvalue weighted by Crippen LogP contribution is -1.97. The lowest BCUT2D eigenvalue weighted by atomic mass is 9.88. The molecule has 2 aromatic rings. The van der Waals surface area contributed by atoms with Gasteiger partial charge in [0.1, 0.15) is 0 Å². The summed E-state index contributed by atoms with van der Waals surface area (Å²) >= 11 is 0. The number of benzene rings is 2. The molecule has 0 bridgehead atoms. The molecule has 0 aromatic heterocycles. The standard InChI is InChI=1S/C16H20/c1-5-11(2)16-10-12(3)14-8-6-7-9-15(14)13(16)4/h6-11H,5H2,1-4H3. The summed E-state index contributed by atoms with van der Waals surface area (Å²) in [5.41, 5.74) is 4.37. The van der Waals surface area contributed by atoms with Crippen LogP contribution in [0.3, 0.4) is 0 Å². The molecule has 0 N–H and O–H groups in total. The van der Waals surface area contributed by atoms with Crippen LogP contribution in [-0.4, -0.2) is 0 Å². The zero-order valence-electron chi connectivity index (χ0n) is 10.7. The van der Waals surface area contributed by atoms with E-state index in [1.54, 1.807) is 0 Å². The second-order valence-corrected chi connectivity index (χ2v) is 4.76. The minimum atomic E-state index is 0.656. The molecule has 0 saturated heterocycles. The highest BCUT2D eigenvalue weighted by Gasteiger charge is 2.10. The molecule has 0 heteroatoms. The molecule has 1 unspecified atom stereocenters. The third-order valence-corrected chi connectivity index (χ3v) is 3.70. The molecular weight excluding hydrogens is 192 g/mol. The molecule has 0 nitrogen and oxygen atoms in total. The molecular formula is C16H20. The van der Waals surface area contributed by atoms with Gasteiger partial charge >= 0.3 is 0 Å². The second kappa shape index (κ2) is 4.29. The molecule has 0 heterocycles. The van der Waals surface area contributed by atoms with E-state index in [2.05, 4.69) is 58.0 Å². The van der Waals surface area contributed by atoms with Crippen LogP contribution in [0.4, 0.5) is 0 Å². The van der Waals surface area contributed by atoms with Gasteiger partial charge in [-0.2, -0.15) is 0 Å². The average Bonchev–Trinajstić information content (AvgIpc) is 2.33. The lowest BCUT2D eigenvalue weighted by molar-refractivity contribution is 0.729. The van der Waals surface area contributed by atoms with E-state index in [9.17, 15) is 0 Å². The summed E-state index contributed by atoms with van der Waals surface area (Å²) in [6.45, 7) is 9.04. The summed E-state index contributed by atoms with van der Waals surface area (Å²) < 4.78 is 0. The van der Waals surface area contributed by atoms with Gasteiger partial charge in [-0.1, -0.05) is 44.2 Å². The first-order chi connectivity index (χ1) is 7.65. The predicted molar refractivity (Wildman–Crippen MR) is 72.1 cm³/mol. The summed E-state index contributed by atoms with van der Waals surface area (Å²) in [7, 11) is 0. The Hall–Kier alpha value is -1.30.